The third-order valence-corrected chi connectivity index (χ3v) is 4.88. The van der Waals surface area contributed by atoms with Crippen LogP contribution in [0.2, 0.25) is 0 Å². The first-order valence-corrected chi connectivity index (χ1v) is 9.06. The predicted octanol–water partition coefficient (Wildman–Crippen LogP) is 1.61. The molecule has 0 saturated carbocycles. The summed E-state index contributed by atoms with van der Waals surface area (Å²) in [5, 5.41) is 3.41. The van der Waals surface area contributed by atoms with Gasteiger partial charge in [-0.05, 0) is 12.8 Å². The molecule has 146 valence electrons. The molecule has 0 bridgehead atoms. The summed E-state index contributed by atoms with van der Waals surface area (Å²) in [5.74, 6) is 0.200. The molecule has 2 aromatic heterocycles. The number of fused-ring (bicyclic) bond motifs is 1. The fraction of sp³-hybridized carbons (Fsp3) is 0.647. The molecule has 3 atom stereocenters. The van der Waals surface area contributed by atoms with Gasteiger partial charge in [-0.15, -0.1) is 0 Å². The van der Waals surface area contributed by atoms with Crippen LogP contribution in [0, 0.1) is 0 Å². The SMILES string of the molecule is CC(=O)O[C@H]1C[C@H](n2cnc3c(NC4CCOCC4)ncnc32)O[C@@H]1CF. The highest BCUT2D eigenvalue weighted by Gasteiger charge is 2.39. The van der Waals surface area contributed by atoms with Crippen LogP contribution < -0.4 is 5.32 Å². The van der Waals surface area contributed by atoms with Gasteiger partial charge < -0.3 is 19.5 Å². The van der Waals surface area contributed by atoms with Crippen molar-refractivity contribution in [1.29, 1.82) is 0 Å². The number of hydrogen-bond acceptors (Lipinski definition) is 8. The average molecular weight is 379 g/mol. The van der Waals surface area contributed by atoms with Gasteiger partial charge in [0.15, 0.2) is 17.0 Å². The van der Waals surface area contributed by atoms with E-state index < -0.39 is 31.1 Å². The van der Waals surface area contributed by atoms with Crippen molar-refractivity contribution in [2.75, 3.05) is 25.2 Å². The lowest BCUT2D eigenvalue weighted by atomic mass is 10.1. The van der Waals surface area contributed by atoms with Crippen LogP contribution in [0.4, 0.5) is 10.2 Å². The van der Waals surface area contributed by atoms with E-state index in [4.69, 9.17) is 14.2 Å². The lowest BCUT2D eigenvalue weighted by Gasteiger charge is -2.23. The number of ether oxygens (including phenoxy) is 3. The first-order valence-electron chi connectivity index (χ1n) is 9.06. The van der Waals surface area contributed by atoms with Gasteiger partial charge in [0, 0.05) is 32.6 Å². The first kappa shape index (κ1) is 18.1. The Morgan fingerprint density at radius 3 is 2.93 bits per heavy atom. The molecule has 10 heteroatoms. The number of imidazole rings is 1. The number of alkyl halides is 1. The van der Waals surface area contributed by atoms with Gasteiger partial charge in [-0.2, -0.15) is 0 Å². The summed E-state index contributed by atoms with van der Waals surface area (Å²) in [7, 11) is 0. The van der Waals surface area contributed by atoms with Crippen LogP contribution in [0.3, 0.4) is 0 Å². The fourth-order valence-corrected chi connectivity index (χ4v) is 3.55. The maximum absolute atomic E-state index is 13.3. The monoisotopic (exact) mass is 379 g/mol. The lowest BCUT2D eigenvalue weighted by molar-refractivity contribution is -0.149. The van der Waals surface area contributed by atoms with Gasteiger partial charge in [0.2, 0.25) is 0 Å². The summed E-state index contributed by atoms with van der Waals surface area (Å²) in [6.07, 6.45) is 3.28. The van der Waals surface area contributed by atoms with Crippen LogP contribution in [0.25, 0.3) is 11.2 Å². The summed E-state index contributed by atoms with van der Waals surface area (Å²) in [4.78, 5) is 24.3. The molecule has 0 aliphatic carbocycles. The lowest BCUT2D eigenvalue weighted by Crippen LogP contribution is -2.28. The molecule has 0 spiro atoms. The Morgan fingerprint density at radius 2 is 2.19 bits per heavy atom. The Labute approximate surface area is 155 Å². The summed E-state index contributed by atoms with van der Waals surface area (Å²) in [5.41, 5.74) is 1.21. The third-order valence-electron chi connectivity index (χ3n) is 4.88. The molecule has 2 aliphatic heterocycles. The van der Waals surface area contributed by atoms with Crippen molar-refractivity contribution in [3.63, 3.8) is 0 Å². The molecule has 0 aromatic carbocycles. The maximum atomic E-state index is 13.3. The zero-order valence-corrected chi connectivity index (χ0v) is 15.0. The highest BCUT2D eigenvalue weighted by atomic mass is 19.1. The van der Waals surface area contributed by atoms with E-state index in [1.807, 2.05) is 0 Å². The second-order valence-corrected chi connectivity index (χ2v) is 6.74. The van der Waals surface area contributed by atoms with E-state index in [0.717, 1.165) is 26.1 Å². The summed E-state index contributed by atoms with van der Waals surface area (Å²) < 4.78 is 31.3. The number of esters is 1. The smallest absolute Gasteiger partial charge is 0.302 e. The van der Waals surface area contributed by atoms with E-state index in [1.54, 1.807) is 10.9 Å². The molecule has 2 aromatic rings. The minimum absolute atomic E-state index is 0.272. The van der Waals surface area contributed by atoms with E-state index in [0.29, 0.717) is 23.4 Å². The van der Waals surface area contributed by atoms with Crippen LogP contribution in [0.1, 0.15) is 32.4 Å². The molecule has 2 fully saturated rings. The van der Waals surface area contributed by atoms with E-state index in [2.05, 4.69) is 20.3 Å². The molecule has 4 rings (SSSR count). The second kappa shape index (κ2) is 7.73. The number of aromatic nitrogens is 4. The van der Waals surface area contributed by atoms with Crippen LogP contribution in [-0.2, 0) is 19.0 Å². The predicted molar refractivity (Wildman–Crippen MR) is 92.8 cm³/mol. The Morgan fingerprint density at radius 1 is 1.37 bits per heavy atom. The van der Waals surface area contributed by atoms with Gasteiger partial charge in [0.05, 0.1) is 6.33 Å². The van der Waals surface area contributed by atoms with Gasteiger partial charge >= 0.3 is 5.97 Å². The molecule has 0 amide bonds. The Kier molecular flexibility index (Phi) is 5.17. The van der Waals surface area contributed by atoms with Crippen LogP contribution in [0.5, 0.6) is 0 Å². The standard InChI is InChI=1S/C17H22FN5O4/c1-10(24)26-12-6-14(27-13(12)7-18)23-9-21-15-16(19-8-20-17(15)23)22-11-2-4-25-5-3-11/h8-9,11-14H,2-7H2,1H3,(H,19,20,22)/t12-,13+,14+/m0/s1. The van der Waals surface area contributed by atoms with Crippen molar-refractivity contribution in [1.82, 2.24) is 19.5 Å². The quantitative estimate of drug-likeness (QED) is 0.782. The van der Waals surface area contributed by atoms with Gasteiger partial charge in [0.1, 0.15) is 31.4 Å². The molecule has 0 radical (unpaired) electrons. The van der Waals surface area contributed by atoms with Gasteiger partial charge in [-0.1, -0.05) is 0 Å². The number of halogens is 1. The molecule has 4 heterocycles. The number of carbonyl (C=O) groups is 1. The van der Waals surface area contributed by atoms with E-state index in [9.17, 15) is 9.18 Å². The fourth-order valence-electron chi connectivity index (χ4n) is 3.55. The Hall–Kier alpha value is -2.33. The molecule has 2 saturated heterocycles. The van der Waals surface area contributed by atoms with E-state index >= 15 is 0 Å². The highest BCUT2D eigenvalue weighted by molar-refractivity contribution is 5.82. The molecule has 27 heavy (non-hydrogen) atoms. The molecule has 9 nitrogen and oxygen atoms in total. The minimum atomic E-state index is -0.793. The Balaban J connectivity index is 1.56. The van der Waals surface area contributed by atoms with Crippen LogP contribution in [0.15, 0.2) is 12.7 Å². The maximum Gasteiger partial charge on any atom is 0.302 e. The zero-order chi connectivity index (χ0) is 18.8. The van der Waals surface area contributed by atoms with Crippen molar-refractivity contribution >= 4 is 23.0 Å². The van der Waals surface area contributed by atoms with Crippen molar-refractivity contribution < 1.29 is 23.4 Å². The van der Waals surface area contributed by atoms with Gasteiger partial charge in [-0.3, -0.25) is 9.36 Å². The van der Waals surface area contributed by atoms with Crippen LogP contribution >= 0.6 is 0 Å². The van der Waals surface area contributed by atoms with Crippen molar-refractivity contribution in [3.05, 3.63) is 12.7 Å². The number of nitrogens with zero attached hydrogens (tertiary/aromatic N) is 4. The average Bonchev–Trinajstić information content (AvgIpc) is 3.26. The normalized spacial score (nSPS) is 26.4. The topological polar surface area (TPSA) is 100 Å². The zero-order valence-electron chi connectivity index (χ0n) is 15.0. The number of nitrogens with one attached hydrogen (secondary N) is 1. The minimum Gasteiger partial charge on any atom is -0.460 e. The molecule has 2 aliphatic rings. The van der Waals surface area contributed by atoms with Crippen LogP contribution in [-0.4, -0.2) is 63.6 Å². The summed E-state index contributed by atoms with van der Waals surface area (Å²) >= 11 is 0. The second-order valence-electron chi connectivity index (χ2n) is 6.74. The number of hydrogen-bond donors (Lipinski definition) is 1. The number of carbonyl (C=O) groups excluding carboxylic acids is 1. The van der Waals surface area contributed by atoms with Gasteiger partial charge in [0.25, 0.3) is 0 Å². The van der Waals surface area contributed by atoms with E-state index in [-0.39, 0.29) is 6.04 Å². The molecular formula is C17H22FN5O4. The number of rotatable bonds is 5. The van der Waals surface area contributed by atoms with Crippen molar-refractivity contribution in [2.24, 2.45) is 0 Å². The summed E-state index contributed by atoms with van der Waals surface area (Å²) in [6, 6.07) is 0.272. The first-order chi connectivity index (χ1) is 13.2. The summed E-state index contributed by atoms with van der Waals surface area (Å²) in [6.45, 7) is 2.01. The van der Waals surface area contributed by atoms with Gasteiger partial charge in [-0.25, -0.2) is 19.3 Å². The Bertz CT molecular complexity index is 810. The van der Waals surface area contributed by atoms with Crippen molar-refractivity contribution in [3.8, 4) is 0 Å². The highest BCUT2D eigenvalue weighted by Crippen LogP contribution is 2.33. The van der Waals surface area contributed by atoms with E-state index in [1.165, 1.54) is 13.3 Å². The number of anilines is 1. The largest absolute Gasteiger partial charge is 0.460 e. The molecule has 1 N–H and O–H groups in total. The van der Waals surface area contributed by atoms with Crippen molar-refractivity contribution in [2.45, 2.75) is 50.7 Å². The molecular weight excluding hydrogens is 357 g/mol. The third kappa shape index (κ3) is 3.72. The molecule has 0 unspecified atom stereocenters.